The van der Waals surface area contributed by atoms with Crippen LogP contribution in [0.3, 0.4) is 0 Å². The number of amides is 3. The highest BCUT2D eigenvalue weighted by molar-refractivity contribution is 6.35. The Labute approximate surface area is 224 Å². The van der Waals surface area contributed by atoms with E-state index < -0.39 is 6.09 Å². The van der Waals surface area contributed by atoms with Crippen molar-refractivity contribution in [1.82, 2.24) is 15.1 Å². The maximum absolute atomic E-state index is 13.0. The number of carbonyl (C=O) groups is 3. The van der Waals surface area contributed by atoms with Crippen molar-refractivity contribution >= 4 is 51.8 Å². The first-order valence-electron chi connectivity index (χ1n) is 12.2. The molecular weight excluding hydrogens is 506 g/mol. The molecule has 38 heavy (non-hydrogen) atoms. The van der Waals surface area contributed by atoms with E-state index in [1.54, 1.807) is 42.5 Å². The van der Waals surface area contributed by atoms with Crippen LogP contribution >= 0.6 is 11.6 Å². The largest absolute Gasteiger partial charge is 0.453 e. The molecule has 5 rings (SSSR count). The van der Waals surface area contributed by atoms with Crippen molar-refractivity contribution < 1.29 is 19.1 Å². The van der Waals surface area contributed by atoms with E-state index in [9.17, 15) is 14.4 Å². The summed E-state index contributed by atoms with van der Waals surface area (Å²) in [5, 5.41) is 13.6. The topological polar surface area (TPSA) is 116 Å². The molecule has 4 aromatic rings. The minimum absolute atomic E-state index is 0.0670. The predicted octanol–water partition coefficient (Wildman–Crippen LogP) is 5.67. The average Bonchev–Trinajstić information content (AvgIpc) is 3.39. The van der Waals surface area contributed by atoms with Crippen LogP contribution in [0.25, 0.3) is 10.9 Å². The lowest BCUT2D eigenvalue weighted by atomic mass is 9.89. The molecule has 1 fully saturated rings. The van der Waals surface area contributed by atoms with E-state index in [2.05, 4.69) is 25.6 Å². The number of methoxy groups -OCH3 is 1. The molecule has 1 saturated heterocycles. The molecule has 0 aliphatic carbocycles. The SMILES string of the molecule is COC(=O)Nc1cccc(C(=O)N2CCC(c3ccc(NC(=O)c4[nH]nc5c(Cl)cccc45)cc3)CC2)c1. The zero-order chi connectivity index (χ0) is 26.6. The number of H-pyrrole nitrogens is 1. The second-order valence-electron chi connectivity index (χ2n) is 9.07. The van der Waals surface area contributed by atoms with Crippen LogP contribution in [0.1, 0.15) is 45.2 Å². The van der Waals surface area contributed by atoms with Crippen molar-refractivity contribution in [3.05, 3.63) is 88.6 Å². The van der Waals surface area contributed by atoms with Gasteiger partial charge in [-0.25, -0.2) is 4.79 Å². The average molecular weight is 532 g/mol. The number of aromatic amines is 1. The van der Waals surface area contributed by atoms with E-state index in [0.29, 0.717) is 57.6 Å². The maximum Gasteiger partial charge on any atom is 0.411 e. The smallest absolute Gasteiger partial charge is 0.411 e. The van der Waals surface area contributed by atoms with Crippen LogP contribution < -0.4 is 10.6 Å². The van der Waals surface area contributed by atoms with Gasteiger partial charge in [-0.2, -0.15) is 5.10 Å². The Morgan fingerprint density at radius 2 is 1.71 bits per heavy atom. The van der Waals surface area contributed by atoms with E-state index in [1.165, 1.54) is 7.11 Å². The number of nitrogens with one attached hydrogen (secondary N) is 3. The first-order valence-corrected chi connectivity index (χ1v) is 12.6. The normalized spacial score (nSPS) is 13.8. The first-order chi connectivity index (χ1) is 18.4. The third kappa shape index (κ3) is 5.33. The van der Waals surface area contributed by atoms with Crippen LogP contribution in [-0.2, 0) is 4.74 Å². The fourth-order valence-corrected chi connectivity index (χ4v) is 4.92. The predicted molar refractivity (Wildman–Crippen MR) is 146 cm³/mol. The number of hydrogen-bond acceptors (Lipinski definition) is 5. The number of benzene rings is 3. The van der Waals surface area contributed by atoms with Gasteiger partial charge in [0.1, 0.15) is 11.2 Å². The number of rotatable bonds is 5. The van der Waals surface area contributed by atoms with Gasteiger partial charge in [0.2, 0.25) is 0 Å². The van der Waals surface area contributed by atoms with Crippen LogP contribution in [0.15, 0.2) is 66.7 Å². The third-order valence-electron chi connectivity index (χ3n) is 6.73. The summed E-state index contributed by atoms with van der Waals surface area (Å²) in [6.45, 7) is 1.26. The molecule has 194 valence electrons. The molecule has 2 heterocycles. The van der Waals surface area contributed by atoms with Crippen LogP contribution in [0.5, 0.6) is 0 Å². The van der Waals surface area contributed by atoms with Gasteiger partial charge < -0.3 is 15.0 Å². The Morgan fingerprint density at radius 3 is 2.45 bits per heavy atom. The zero-order valence-electron chi connectivity index (χ0n) is 20.7. The van der Waals surface area contributed by atoms with Gasteiger partial charge in [-0.3, -0.25) is 20.0 Å². The Kier molecular flexibility index (Phi) is 7.28. The number of nitrogens with zero attached hydrogens (tertiary/aromatic N) is 2. The van der Waals surface area contributed by atoms with E-state index in [-0.39, 0.29) is 11.8 Å². The number of piperidine rings is 1. The van der Waals surface area contributed by atoms with Gasteiger partial charge in [0.05, 0.1) is 12.1 Å². The van der Waals surface area contributed by atoms with Crippen molar-refractivity contribution in [1.29, 1.82) is 0 Å². The van der Waals surface area contributed by atoms with Gasteiger partial charge in [-0.1, -0.05) is 41.9 Å². The van der Waals surface area contributed by atoms with Crippen LogP contribution in [0.2, 0.25) is 5.02 Å². The number of carbonyl (C=O) groups excluding carboxylic acids is 3. The number of halogens is 1. The molecule has 10 heteroatoms. The number of aromatic nitrogens is 2. The van der Waals surface area contributed by atoms with Gasteiger partial charge >= 0.3 is 6.09 Å². The molecule has 1 aromatic heterocycles. The Bertz CT molecular complexity index is 1490. The summed E-state index contributed by atoms with van der Waals surface area (Å²) in [4.78, 5) is 39.1. The van der Waals surface area contributed by atoms with E-state index in [0.717, 1.165) is 18.4 Å². The van der Waals surface area contributed by atoms with E-state index in [1.807, 2.05) is 29.2 Å². The number of likely N-dealkylation sites (tertiary alicyclic amines) is 1. The third-order valence-corrected chi connectivity index (χ3v) is 7.03. The molecule has 0 radical (unpaired) electrons. The molecular formula is C28H26ClN5O4. The minimum atomic E-state index is -0.583. The zero-order valence-corrected chi connectivity index (χ0v) is 21.4. The molecule has 0 spiro atoms. The van der Waals surface area contributed by atoms with Crippen molar-refractivity contribution in [2.45, 2.75) is 18.8 Å². The summed E-state index contributed by atoms with van der Waals surface area (Å²) >= 11 is 6.16. The lowest BCUT2D eigenvalue weighted by molar-refractivity contribution is 0.0713. The summed E-state index contributed by atoms with van der Waals surface area (Å²) in [7, 11) is 1.29. The lowest BCUT2D eigenvalue weighted by Crippen LogP contribution is -2.37. The summed E-state index contributed by atoms with van der Waals surface area (Å²) < 4.78 is 4.61. The van der Waals surface area contributed by atoms with Gasteiger partial charge in [-0.15, -0.1) is 0 Å². The van der Waals surface area contributed by atoms with Gasteiger partial charge in [0.25, 0.3) is 11.8 Å². The maximum atomic E-state index is 13.0. The monoisotopic (exact) mass is 531 g/mol. The molecule has 0 unspecified atom stereocenters. The second kappa shape index (κ2) is 10.9. The Morgan fingerprint density at radius 1 is 0.974 bits per heavy atom. The minimum Gasteiger partial charge on any atom is -0.453 e. The highest BCUT2D eigenvalue weighted by Gasteiger charge is 2.25. The molecule has 1 aliphatic rings. The van der Waals surface area contributed by atoms with Gasteiger partial charge in [0, 0.05) is 35.4 Å². The summed E-state index contributed by atoms with van der Waals surface area (Å²) in [5.74, 6) is -0.0438. The summed E-state index contributed by atoms with van der Waals surface area (Å²) in [5.41, 5.74) is 3.79. The molecule has 3 aromatic carbocycles. The number of ether oxygens (including phenoxy) is 1. The lowest BCUT2D eigenvalue weighted by Gasteiger charge is -2.32. The summed E-state index contributed by atoms with van der Waals surface area (Å²) in [6, 6.07) is 19.9. The standard InChI is InChI=1S/C28H26ClN5O4/c1-38-28(37)31-21-5-2-4-19(16-21)27(36)34-14-12-18(13-15-34)17-8-10-20(11-9-17)30-26(35)25-22-6-3-7-23(29)24(22)32-33-25/h2-11,16,18H,12-15H2,1H3,(H,30,35)(H,31,37)(H,32,33). The van der Waals surface area contributed by atoms with Gasteiger partial charge in [-0.05, 0) is 60.7 Å². The van der Waals surface area contributed by atoms with Gasteiger partial charge in [0.15, 0.2) is 0 Å². The fraction of sp³-hybridized carbons (Fsp3) is 0.214. The molecule has 3 N–H and O–H groups in total. The number of fused-ring (bicyclic) bond motifs is 1. The van der Waals surface area contributed by atoms with Crippen LogP contribution in [-0.4, -0.2) is 53.2 Å². The molecule has 0 atom stereocenters. The summed E-state index contributed by atoms with van der Waals surface area (Å²) in [6.07, 6.45) is 1.08. The number of hydrogen-bond donors (Lipinski definition) is 3. The van der Waals surface area contributed by atoms with E-state index >= 15 is 0 Å². The van der Waals surface area contributed by atoms with Crippen LogP contribution in [0.4, 0.5) is 16.2 Å². The van der Waals surface area contributed by atoms with E-state index in [4.69, 9.17) is 11.6 Å². The molecule has 1 aliphatic heterocycles. The highest BCUT2D eigenvalue weighted by Crippen LogP contribution is 2.30. The highest BCUT2D eigenvalue weighted by atomic mass is 35.5. The van der Waals surface area contributed by atoms with Crippen LogP contribution in [0, 0.1) is 0 Å². The number of anilines is 2. The first kappa shape index (κ1) is 25.3. The van der Waals surface area contributed by atoms with Crippen molar-refractivity contribution in [3.63, 3.8) is 0 Å². The second-order valence-corrected chi connectivity index (χ2v) is 9.48. The molecule has 9 nitrogen and oxygen atoms in total. The Balaban J connectivity index is 1.18. The quantitative estimate of drug-likeness (QED) is 0.307. The fourth-order valence-electron chi connectivity index (χ4n) is 4.71. The molecule has 0 bridgehead atoms. The molecule has 0 saturated carbocycles. The van der Waals surface area contributed by atoms with Crippen molar-refractivity contribution in [2.75, 3.05) is 30.8 Å². The Hall–Kier alpha value is -4.37. The van der Waals surface area contributed by atoms with Crippen molar-refractivity contribution in [2.24, 2.45) is 0 Å². The molecule has 3 amide bonds. The van der Waals surface area contributed by atoms with Crippen molar-refractivity contribution in [3.8, 4) is 0 Å². The number of para-hydroxylation sites is 1.